The Hall–Kier alpha value is -2.20. The van der Waals surface area contributed by atoms with Gasteiger partial charge < -0.3 is 9.64 Å². The SMILES string of the molecule is Cc1cncc(-c2ccc(C(=O)N3CCOCC3)cc2)c1. The maximum Gasteiger partial charge on any atom is 0.254 e. The molecule has 3 rings (SSSR count). The van der Waals surface area contributed by atoms with Crippen LogP contribution in [0.25, 0.3) is 11.1 Å². The minimum absolute atomic E-state index is 0.0761. The monoisotopic (exact) mass is 282 g/mol. The fourth-order valence-electron chi connectivity index (χ4n) is 2.47. The van der Waals surface area contributed by atoms with E-state index in [1.807, 2.05) is 48.5 Å². The van der Waals surface area contributed by atoms with E-state index >= 15 is 0 Å². The van der Waals surface area contributed by atoms with E-state index in [0.29, 0.717) is 26.3 Å². The minimum atomic E-state index is 0.0761. The van der Waals surface area contributed by atoms with Crippen LogP contribution in [0.15, 0.2) is 42.7 Å². The number of morpholine rings is 1. The third-order valence-corrected chi connectivity index (χ3v) is 3.64. The summed E-state index contributed by atoms with van der Waals surface area (Å²) in [6.07, 6.45) is 3.67. The van der Waals surface area contributed by atoms with Crippen LogP contribution in [0.2, 0.25) is 0 Å². The van der Waals surface area contributed by atoms with E-state index in [1.165, 1.54) is 0 Å². The number of aromatic nitrogens is 1. The average molecular weight is 282 g/mol. The number of amides is 1. The molecule has 4 nitrogen and oxygen atoms in total. The van der Waals surface area contributed by atoms with Crippen molar-refractivity contribution in [2.24, 2.45) is 0 Å². The molecule has 0 unspecified atom stereocenters. The molecule has 1 amide bonds. The lowest BCUT2D eigenvalue weighted by Crippen LogP contribution is -2.40. The Balaban J connectivity index is 1.79. The molecule has 21 heavy (non-hydrogen) atoms. The molecular weight excluding hydrogens is 264 g/mol. The first-order chi connectivity index (χ1) is 10.2. The van der Waals surface area contributed by atoms with E-state index in [4.69, 9.17) is 4.74 Å². The van der Waals surface area contributed by atoms with Gasteiger partial charge in [-0.05, 0) is 36.2 Å². The molecule has 1 aromatic carbocycles. The van der Waals surface area contributed by atoms with Gasteiger partial charge in [0.2, 0.25) is 0 Å². The van der Waals surface area contributed by atoms with Crippen molar-refractivity contribution in [1.82, 2.24) is 9.88 Å². The van der Waals surface area contributed by atoms with E-state index in [-0.39, 0.29) is 5.91 Å². The van der Waals surface area contributed by atoms with Gasteiger partial charge in [0.25, 0.3) is 5.91 Å². The van der Waals surface area contributed by atoms with Crippen LogP contribution in [-0.4, -0.2) is 42.1 Å². The van der Waals surface area contributed by atoms with Crippen LogP contribution in [0.3, 0.4) is 0 Å². The maximum atomic E-state index is 12.4. The fraction of sp³-hybridized carbons (Fsp3) is 0.294. The second-order valence-electron chi connectivity index (χ2n) is 5.23. The van der Waals surface area contributed by atoms with Crippen molar-refractivity contribution in [3.8, 4) is 11.1 Å². The largest absolute Gasteiger partial charge is 0.378 e. The number of benzene rings is 1. The van der Waals surface area contributed by atoms with Gasteiger partial charge in [0.1, 0.15) is 0 Å². The van der Waals surface area contributed by atoms with Crippen LogP contribution in [0.4, 0.5) is 0 Å². The first-order valence-corrected chi connectivity index (χ1v) is 7.13. The van der Waals surface area contributed by atoms with Gasteiger partial charge in [-0.2, -0.15) is 0 Å². The van der Waals surface area contributed by atoms with Gasteiger partial charge in [0.15, 0.2) is 0 Å². The highest BCUT2D eigenvalue weighted by atomic mass is 16.5. The number of hydrogen-bond donors (Lipinski definition) is 0. The summed E-state index contributed by atoms with van der Waals surface area (Å²) in [4.78, 5) is 18.4. The van der Waals surface area contributed by atoms with Crippen molar-refractivity contribution >= 4 is 5.91 Å². The Kier molecular flexibility index (Phi) is 3.97. The highest BCUT2D eigenvalue weighted by Gasteiger charge is 2.18. The summed E-state index contributed by atoms with van der Waals surface area (Å²) in [5, 5.41) is 0. The molecule has 0 aliphatic carbocycles. The summed E-state index contributed by atoms with van der Waals surface area (Å²) in [5.41, 5.74) is 3.99. The number of ether oxygens (including phenoxy) is 1. The lowest BCUT2D eigenvalue weighted by atomic mass is 10.0. The van der Waals surface area contributed by atoms with Crippen molar-refractivity contribution in [3.05, 3.63) is 53.9 Å². The summed E-state index contributed by atoms with van der Waals surface area (Å²) in [7, 11) is 0. The number of pyridine rings is 1. The third kappa shape index (κ3) is 3.11. The molecule has 2 heterocycles. The van der Waals surface area contributed by atoms with Crippen LogP contribution >= 0.6 is 0 Å². The van der Waals surface area contributed by atoms with E-state index < -0.39 is 0 Å². The first kappa shape index (κ1) is 13.8. The molecule has 0 saturated carbocycles. The van der Waals surface area contributed by atoms with E-state index in [9.17, 15) is 4.79 Å². The zero-order valence-corrected chi connectivity index (χ0v) is 12.1. The van der Waals surface area contributed by atoms with Crippen molar-refractivity contribution in [3.63, 3.8) is 0 Å². The van der Waals surface area contributed by atoms with Gasteiger partial charge in [-0.3, -0.25) is 9.78 Å². The Morgan fingerprint density at radius 3 is 2.48 bits per heavy atom. The Morgan fingerprint density at radius 1 is 1.10 bits per heavy atom. The minimum Gasteiger partial charge on any atom is -0.378 e. The zero-order chi connectivity index (χ0) is 14.7. The van der Waals surface area contributed by atoms with E-state index in [0.717, 1.165) is 22.3 Å². The molecule has 2 aromatic rings. The van der Waals surface area contributed by atoms with Crippen LogP contribution in [-0.2, 0) is 4.74 Å². The molecule has 0 bridgehead atoms. The normalized spacial score (nSPS) is 15.0. The molecule has 1 fully saturated rings. The van der Waals surface area contributed by atoms with Gasteiger partial charge in [-0.25, -0.2) is 0 Å². The fourth-order valence-corrected chi connectivity index (χ4v) is 2.47. The second-order valence-corrected chi connectivity index (χ2v) is 5.23. The van der Waals surface area contributed by atoms with Crippen molar-refractivity contribution in [1.29, 1.82) is 0 Å². The number of carbonyl (C=O) groups excluding carboxylic acids is 1. The number of hydrogen-bond acceptors (Lipinski definition) is 3. The van der Waals surface area contributed by atoms with Crippen LogP contribution < -0.4 is 0 Å². The maximum absolute atomic E-state index is 12.4. The molecule has 0 radical (unpaired) electrons. The highest BCUT2D eigenvalue weighted by molar-refractivity contribution is 5.94. The molecule has 4 heteroatoms. The van der Waals surface area contributed by atoms with Crippen molar-refractivity contribution in [2.75, 3.05) is 26.3 Å². The van der Waals surface area contributed by atoms with Gasteiger partial charge in [-0.15, -0.1) is 0 Å². The molecule has 1 saturated heterocycles. The second kappa shape index (κ2) is 6.06. The molecule has 0 spiro atoms. The lowest BCUT2D eigenvalue weighted by molar-refractivity contribution is 0.0303. The summed E-state index contributed by atoms with van der Waals surface area (Å²) in [6, 6.07) is 9.81. The van der Waals surface area contributed by atoms with Crippen LogP contribution in [0.1, 0.15) is 15.9 Å². The Morgan fingerprint density at radius 2 is 1.81 bits per heavy atom. The van der Waals surface area contributed by atoms with Gasteiger partial charge >= 0.3 is 0 Å². The number of aryl methyl sites for hydroxylation is 1. The molecule has 1 aliphatic rings. The summed E-state index contributed by atoms with van der Waals surface area (Å²) < 4.78 is 5.27. The number of carbonyl (C=O) groups is 1. The van der Waals surface area contributed by atoms with Crippen molar-refractivity contribution < 1.29 is 9.53 Å². The van der Waals surface area contributed by atoms with Crippen LogP contribution in [0.5, 0.6) is 0 Å². The lowest BCUT2D eigenvalue weighted by Gasteiger charge is -2.26. The smallest absolute Gasteiger partial charge is 0.254 e. The molecule has 0 atom stereocenters. The summed E-state index contributed by atoms with van der Waals surface area (Å²) >= 11 is 0. The highest BCUT2D eigenvalue weighted by Crippen LogP contribution is 2.20. The number of rotatable bonds is 2. The molecule has 1 aliphatic heterocycles. The third-order valence-electron chi connectivity index (χ3n) is 3.64. The quantitative estimate of drug-likeness (QED) is 0.850. The standard InChI is InChI=1S/C17H18N2O2/c1-13-10-16(12-18-11-13)14-2-4-15(5-3-14)17(20)19-6-8-21-9-7-19/h2-5,10-12H,6-9H2,1H3. The molecular formula is C17H18N2O2. The average Bonchev–Trinajstić information content (AvgIpc) is 2.55. The predicted octanol–water partition coefficient (Wildman–Crippen LogP) is 2.53. The molecule has 108 valence electrons. The van der Waals surface area contributed by atoms with Gasteiger partial charge in [0, 0.05) is 36.6 Å². The Labute approximate surface area is 124 Å². The molecule has 0 N–H and O–H groups in total. The van der Waals surface area contributed by atoms with E-state index in [2.05, 4.69) is 11.1 Å². The van der Waals surface area contributed by atoms with Gasteiger partial charge in [-0.1, -0.05) is 12.1 Å². The summed E-state index contributed by atoms with van der Waals surface area (Å²) in [5.74, 6) is 0.0761. The predicted molar refractivity (Wildman–Crippen MR) is 81.1 cm³/mol. The van der Waals surface area contributed by atoms with E-state index in [1.54, 1.807) is 0 Å². The topological polar surface area (TPSA) is 42.4 Å². The van der Waals surface area contributed by atoms with Gasteiger partial charge in [0.05, 0.1) is 13.2 Å². The van der Waals surface area contributed by atoms with Crippen molar-refractivity contribution in [2.45, 2.75) is 6.92 Å². The first-order valence-electron chi connectivity index (χ1n) is 7.13. The zero-order valence-electron chi connectivity index (χ0n) is 12.1. The Bertz CT molecular complexity index is 631. The molecule has 1 aromatic heterocycles. The summed E-state index contributed by atoms with van der Waals surface area (Å²) in [6.45, 7) is 4.61. The number of nitrogens with zero attached hydrogens (tertiary/aromatic N) is 2. The van der Waals surface area contributed by atoms with Crippen LogP contribution in [0, 0.1) is 6.92 Å².